The lowest BCUT2D eigenvalue weighted by molar-refractivity contribution is -0.143. The average molecular weight is 425 g/mol. The average Bonchev–Trinajstić information content (AvgIpc) is 3.29. The number of hydrogen-bond donors (Lipinski definition) is 0. The van der Waals surface area contributed by atoms with Gasteiger partial charge in [0.05, 0.1) is 12.8 Å². The topological polar surface area (TPSA) is 71.4 Å². The van der Waals surface area contributed by atoms with E-state index in [0.29, 0.717) is 55.2 Å². The zero-order valence-electron chi connectivity index (χ0n) is 17.5. The number of hydrogen-bond acceptors (Lipinski definition) is 5. The van der Waals surface area contributed by atoms with Crippen molar-refractivity contribution in [2.45, 2.75) is 19.4 Å². The first-order valence-corrected chi connectivity index (χ1v) is 10.2. The lowest BCUT2D eigenvalue weighted by Crippen LogP contribution is -2.53. The van der Waals surface area contributed by atoms with Crippen LogP contribution in [0.5, 0.6) is 5.75 Å². The van der Waals surface area contributed by atoms with E-state index in [9.17, 15) is 14.0 Å². The lowest BCUT2D eigenvalue weighted by atomic mass is 10.0. The van der Waals surface area contributed by atoms with Crippen LogP contribution in [-0.2, 0) is 9.63 Å². The molecule has 4 rings (SSSR count). The lowest BCUT2D eigenvalue weighted by Gasteiger charge is -2.35. The van der Waals surface area contributed by atoms with E-state index < -0.39 is 6.10 Å². The summed E-state index contributed by atoms with van der Waals surface area (Å²) in [4.78, 5) is 34.4. The van der Waals surface area contributed by atoms with Crippen LogP contribution in [0.4, 0.5) is 4.39 Å². The molecule has 2 aromatic rings. The Bertz CT molecular complexity index is 1030. The number of carbonyl (C=O) groups is 2. The largest absolute Gasteiger partial charge is 0.496 e. The molecule has 8 heteroatoms. The number of carbonyl (C=O) groups excluding carboxylic acids is 2. The third-order valence-corrected chi connectivity index (χ3v) is 5.64. The van der Waals surface area contributed by atoms with Crippen molar-refractivity contribution in [3.8, 4) is 5.75 Å². The van der Waals surface area contributed by atoms with Gasteiger partial charge in [-0.3, -0.25) is 9.59 Å². The maximum Gasteiger partial charge on any atom is 0.267 e. The van der Waals surface area contributed by atoms with E-state index in [2.05, 4.69) is 5.16 Å². The molecule has 0 spiro atoms. The van der Waals surface area contributed by atoms with Crippen molar-refractivity contribution < 1.29 is 23.6 Å². The fraction of sp³-hybridized carbons (Fsp3) is 0.348. The van der Waals surface area contributed by atoms with E-state index in [1.165, 1.54) is 12.1 Å². The van der Waals surface area contributed by atoms with Gasteiger partial charge in [-0.25, -0.2) is 4.39 Å². The molecule has 162 valence electrons. The van der Waals surface area contributed by atoms with Gasteiger partial charge in [-0.15, -0.1) is 0 Å². The molecule has 0 saturated carbocycles. The first-order chi connectivity index (χ1) is 15.0. The van der Waals surface area contributed by atoms with Gasteiger partial charge in [0.1, 0.15) is 11.6 Å². The van der Waals surface area contributed by atoms with Crippen molar-refractivity contribution in [1.29, 1.82) is 0 Å². The zero-order valence-corrected chi connectivity index (χ0v) is 17.5. The molecule has 0 radical (unpaired) electrons. The summed E-state index contributed by atoms with van der Waals surface area (Å²) >= 11 is 0. The molecule has 1 atom stereocenters. The third-order valence-electron chi connectivity index (χ3n) is 5.64. The Kier molecular flexibility index (Phi) is 5.88. The molecule has 31 heavy (non-hydrogen) atoms. The summed E-state index contributed by atoms with van der Waals surface area (Å²) in [5.74, 6) is 0.0626. The Hall–Kier alpha value is -3.42. The third kappa shape index (κ3) is 4.38. The molecule has 7 nitrogen and oxygen atoms in total. The van der Waals surface area contributed by atoms with Gasteiger partial charge in [-0.1, -0.05) is 23.4 Å². The number of amides is 2. The Balaban J connectivity index is 1.33. The van der Waals surface area contributed by atoms with E-state index in [1.54, 1.807) is 41.2 Å². The Labute approximate surface area is 180 Å². The number of aryl methyl sites for hydroxylation is 1. The van der Waals surface area contributed by atoms with E-state index >= 15 is 0 Å². The number of halogens is 1. The minimum absolute atomic E-state index is 0.0840. The van der Waals surface area contributed by atoms with Crippen LogP contribution in [0.25, 0.3) is 0 Å². The molecule has 1 unspecified atom stereocenters. The van der Waals surface area contributed by atoms with Crippen LogP contribution in [0.3, 0.4) is 0 Å². The van der Waals surface area contributed by atoms with Crippen molar-refractivity contribution in [2.75, 3.05) is 33.3 Å². The van der Waals surface area contributed by atoms with Gasteiger partial charge < -0.3 is 19.4 Å². The fourth-order valence-electron chi connectivity index (χ4n) is 3.82. The van der Waals surface area contributed by atoms with Crippen molar-refractivity contribution in [3.05, 3.63) is 65.0 Å². The van der Waals surface area contributed by atoms with Crippen LogP contribution < -0.4 is 4.74 Å². The highest BCUT2D eigenvalue weighted by Gasteiger charge is 2.34. The smallest absolute Gasteiger partial charge is 0.267 e. The van der Waals surface area contributed by atoms with Crippen molar-refractivity contribution in [2.24, 2.45) is 5.16 Å². The van der Waals surface area contributed by atoms with Gasteiger partial charge in [0.2, 0.25) is 6.10 Å². The maximum absolute atomic E-state index is 13.4. The molecule has 1 fully saturated rings. The van der Waals surface area contributed by atoms with Crippen LogP contribution in [-0.4, -0.2) is 66.7 Å². The number of oxime groups is 1. The Morgan fingerprint density at radius 2 is 1.84 bits per heavy atom. The summed E-state index contributed by atoms with van der Waals surface area (Å²) in [6, 6.07) is 11.5. The second kappa shape index (κ2) is 8.75. The van der Waals surface area contributed by atoms with Crippen molar-refractivity contribution in [3.63, 3.8) is 0 Å². The Morgan fingerprint density at radius 1 is 1.10 bits per heavy atom. The molecule has 2 aliphatic rings. The molecular formula is C23H24FN3O4. The maximum atomic E-state index is 13.4. The van der Waals surface area contributed by atoms with Crippen molar-refractivity contribution in [1.82, 2.24) is 9.80 Å². The van der Waals surface area contributed by atoms with E-state index in [4.69, 9.17) is 9.57 Å². The summed E-state index contributed by atoms with van der Waals surface area (Å²) in [5.41, 5.74) is 2.69. The summed E-state index contributed by atoms with van der Waals surface area (Å²) in [7, 11) is 1.58. The second-order valence-electron chi connectivity index (χ2n) is 7.65. The molecule has 1 saturated heterocycles. The SMILES string of the molecule is COc1cc(C(=O)N2CCN(C(=O)C3CC(c4cccc(F)c4)=NO3)CC2)ccc1C. The van der Waals surface area contributed by atoms with Gasteiger partial charge in [-0.2, -0.15) is 0 Å². The number of ether oxygens (including phenoxy) is 1. The first kappa shape index (κ1) is 20.8. The molecule has 0 aromatic heterocycles. The predicted octanol–water partition coefficient (Wildman–Crippen LogP) is 2.62. The van der Waals surface area contributed by atoms with Crippen LogP contribution in [0.15, 0.2) is 47.6 Å². The molecule has 0 N–H and O–H groups in total. The standard InChI is InChI=1S/C23H24FN3O4/c1-15-6-7-17(13-20(15)30-2)22(28)26-8-10-27(11-9-26)23(29)21-14-19(25-31-21)16-4-3-5-18(24)12-16/h3-7,12-13,21H,8-11,14H2,1-2H3. The van der Waals surface area contributed by atoms with E-state index in [1.807, 2.05) is 13.0 Å². The Morgan fingerprint density at radius 3 is 2.55 bits per heavy atom. The fourth-order valence-corrected chi connectivity index (χ4v) is 3.82. The van der Waals surface area contributed by atoms with Gasteiger partial charge in [-0.05, 0) is 36.8 Å². The van der Waals surface area contributed by atoms with Crippen molar-refractivity contribution >= 4 is 17.5 Å². The highest BCUT2D eigenvalue weighted by Crippen LogP contribution is 2.22. The highest BCUT2D eigenvalue weighted by atomic mass is 19.1. The summed E-state index contributed by atoms with van der Waals surface area (Å²) in [5, 5.41) is 3.98. The number of benzene rings is 2. The minimum atomic E-state index is -0.720. The molecule has 0 bridgehead atoms. The molecule has 2 heterocycles. The quantitative estimate of drug-likeness (QED) is 0.755. The monoisotopic (exact) mass is 425 g/mol. The summed E-state index contributed by atoms with van der Waals surface area (Å²) < 4.78 is 18.8. The number of rotatable bonds is 4. The van der Waals surface area contributed by atoms with Gasteiger partial charge in [0, 0.05) is 43.7 Å². The van der Waals surface area contributed by atoms with Gasteiger partial charge >= 0.3 is 0 Å². The second-order valence-corrected chi connectivity index (χ2v) is 7.65. The summed E-state index contributed by atoms with van der Waals surface area (Å²) in [6.45, 7) is 3.63. The van der Waals surface area contributed by atoms with Crippen LogP contribution >= 0.6 is 0 Å². The van der Waals surface area contributed by atoms with E-state index in [-0.39, 0.29) is 17.6 Å². The van der Waals surface area contributed by atoms with E-state index in [0.717, 1.165) is 5.56 Å². The van der Waals surface area contributed by atoms with Crippen LogP contribution in [0.2, 0.25) is 0 Å². The highest BCUT2D eigenvalue weighted by molar-refractivity contribution is 6.04. The molecular weight excluding hydrogens is 401 g/mol. The number of methoxy groups -OCH3 is 1. The minimum Gasteiger partial charge on any atom is -0.496 e. The predicted molar refractivity (Wildman–Crippen MR) is 113 cm³/mol. The first-order valence-electron chi connectivity index (χ1n) is 10.2. The molecule has 2 aliphatic heterocycles. The van der Waals surface area contributed by atoms with Gasteiger partial charge in [0.15, 0.2) is 0 Å². The number of nitrogens with zero attached hydrogens (tertiary/aromatic N) is 3. The van der Waals surface area contributed by atoms with Crippen LogP contribution in [0.1, 0.15) is 27.9 Å². The normalized spacial score (nSPS) is 18.4. The molecule has 0 aliphatic carbocycles. The zero-order chi connectivity index (χ0) is 22.0. The number of piperazine rings is 1. The molecule has 2 aromatic carbocycles. The summed E-state index contributed by atoms with van der Waals surface area (Å²) in [6.07, 6.45) is -0.424. The van der Waals surface area contributed by atoms with Crippen LogP contribution in [0, 0.1) is 12.7 Å². The van der Waals surface area contributed by atoms with Gasteiger partial charge in [0.25, 0.3) is 11.8 Å². The molecule has 2 amide bonds.